The Balaban J connectivity index is 2.31. The number of nitrogens with one attached hydrogen (secondary N) is 2. The lowest BCUT2D eigenvalue weighted by Gasteiger charge is -2.36. The lowest BCUT2D eigenvalue weighted by atomic mass is 10.1. The highest BCUT2D eigenvalue weighted by Crippen LogP contribution is 2.13. The molecule has 1 unspecified atom stereocenters. The van der Waals surface area contributed by atoms with Crippen LogP contribution in [0.5, 0.6) is 0 Å². The second kappa shape index (κ2) is 20.7. The Bertz CT molecular complexity index is 720. The molecule has 1 aliphatic heterocycles. The molecule has 0 radical (unpaired) electrons. The molecule has 2 amide bonds. The molecule has 212 valence electrons. The van der Waals surface area contributed by atoms with Gasteiger partial charge in [-0.2, -0.15) is 0 Å². The number of amides is 2. The minimum Gasteiger partial charge on any atom is -0.466 e. The third-order valence-electron chi connectivity index (χ3n) is 6.07. The average molecular weight is 544 g/mol. The van der Waals surface area contributed by atoms with Crippen LogP contribution >= 0.6 is 12.2 Å². The number of piperazine rings is 1. The van der Waals surface area contributed by atoms with Gasteiger partial charge in [-0.15, -0.1) is 0 Å². The van der Waals surface area contributed by atoms with Crippen molar-refractivity contribution in [2.45, 2.75) is 96.4 Å². The zero-order valence-corrected chi connectivity index (χ0v) is 23.3. The van der Waals surface area contributed by atoms with Gasteiger partial charge in [0.2, 0.25) is 11.8 Å². The van der Waals surface area contributed by atoms with E-state index in [0.717, 1.165) is 19.3 Å². The maximum absolute atomic E-state index is 12.4. The number of thiocarbonyl (C=S) groups is 1. The predicted octanol–water partition coefficient (Wildman–Crippen LogP) is 3.01. The van der Waals surface area contributed by atoms with Gasteiger partial charge in [-0.3, -0.25) is 19.2 Å². The van der Waals surface area contributed by atoms with Crippen molar-refractivity contribution in [3.05, 3.63) is 0 Å². The maximum atomic E-state index is 12.4. The van der Waals surface area contributed by atoms with Crippen LogP contribution in [0.4, 0.5) is 0 Å². The Morgan fingerprint density at radius 3 is 2.19 bits per heavy atom. The van der Waals surface area contributed by atoms with Crippen molar-refractivity contribution in [2.24, 2.45) is 0 Å². The second-order valence-corrected chi connectivity index (χ2v) is 9.56. The van der Waals surface area contributed by atoms with Crippen molar-refractivity contribution >= 4 is 41.1 Å². The van der Waals surface area contributed by atoms with E-state index in [-0.39, 0.29) is 43.5 Å². The Labute approximate surface area is 226 Å². The minimum atomic E-state index is -0.860. The molecule has 11 heteroatoms. The molecule has 1 heterocycles. The molecule has 37 heavy (non-hydrogen) atoms. The molecule has 0 spiro atoms. The Hall–Kier alpha value is -2.27. The summed E-state index contributed by atoms with van der Waals surface area (Å²) >= 11 is 5.31. The fourth-order valence-corrected chi connectivity index (χ4v) is 4.27. The fourth-order valence-electron chi connectivity index (χ4n) is 3.93. The monoisotopic (exact) mass is 543 g/mol. The molecule has 2 N–H and O–H groups in total. The van der Waals surface area contributed by atoms with Crippen LogP contribution in [0.3, 0.4) is 0 Å². The van der Waals surface area contributed by atoms with E-state index in [4.69, 9.17) is 26.4 Å². The summed E-state index contributed by atoms with van der Waals surface area (Å²) in [4.78, 5) is 50.2. The van der Waals surface area contributed by atoms with Crippen LogP contribution in [-0.4, -0.2) is 79.8 Å². The predicted molar refractivity (Wildman–Crippen MR) is 144 cm³/mol. The molecule has 1 atom stereocenters. The molecule has 0 aromatic heterocycles. The average Bonchev–Trinajstić information content (AvgIpc) is 2.87. The van der Waals surface area contributed by atoms with Gasteiger partial charge in [-0.25, -0.2) is 0 Å². The van der Waals surface area contributed by atoms with Crippen LogP contribution < -0.4 is 10.6 Å². The van der Waals surface area contributed by atoms with E-state index in [2.05, 4.69) is 17.6 Å². The molecule has 1 saturated heterocycles. The van der Waals surface area contributed by atoms with Gasteiger partial charge in [0.25, 0.3) is 0 Å². The molecule has 10 nitrogen and oxygen atoms in total. The van der Waals surface area contributed by atoms with Gasteiger partial charge >= 0.3 is 11.9 Å². The molecule has 1 aliphatic rings. The SMILES string of the molecule is CCCCCCCCCCCCOC(=O)CC1C(=O)NCCN1C(=S)NC(=O)CCC(=O)OCCOC. The van der Waals surface area contributed by atoms with Gasteiger partial charge in [0.15, 0.2) is 5.11 Å². The lowest BCUT2D eigenvalue weighted by molar-refractivity contribution is -0.147. The first-order chi connectivity index (χ1) is 17.9. The third-order valence-corrected chi connectivity index (χ3v) is 6.40. The molecule has 0 bridgehead atoms. The quantitative estimate of drug-likeness (QED) is 0.144. The molecule has 0 saturated carbocycles. The van der Waals surface area contributed by atoms with Gasteiger partial charge < -0.3 is 29.7 Å². The number of carbonyl (C=O) groups is 4. The molecule has 0 aliphatic carbocycles. The van der Waals surface area contributed by atoms with Crippen molar-refractivity contribution in [2.75, 3.05) is 40.0 Å². The van der Waals surface area contributed by atoms with Crippen LogP contribution in [-0.2, 0) is 33.4 Å². The maximum Gasteiger partial charge on any atom is 0.308 e. The number of nitrogens with zero attached hydrogens (tertiary/aromatic N) is 1. The molecule has 1 fully saturated rings. The van der Waals surface area contributed by atoms with E-state index in [1.165, 1.54) is 57.0 Å². The number of hydrogen-bond donors (Lipinski definition) is 2. The minimum absolute atomic E-state index is 0.0418. The van der Waals surface area contributed by atoms with Crippen molar-refractivity contribution in [3.8, 4) is 0 Å². The molecular formula is C26H45N3O7S. The highest BCUT2D eigenvalue weighted by Gasteiger charge is 2.34. The number of methoxy groups -OCH3 is 1. The van der Waals surface area contributed by atoms with Crippen LogP contribution in [0.25, 0.3) is 0 Å². The van der Waals surface area contributed by atoms with E-state index < -0.39 is 23.9 Å². The molecule has 0 aromatic rings. The Morgan fingerprint density at radius 2 is 1.54 bits per heavy atom. The van der Waals surface area contributed by atoms with Crippen LogP contribution in [0.1, 0.15) is 90.4 Å². The first kappa shape index (κ1) is 32.8. The zero-order chi connectivity index (χ0) is 27.3. The van der Waals surface area contributed by atoms with E-state index in [1.807, 2.05) is 0 Å². The largest absolute Gasteiger partial charge is 0.466 e. The Kier molecular flexibility index (Phi) is 18.4. The summed E-state index contributed by atoms with van der Waals surface area (Å²) in [6.45, 7) is 3.63. The lowest BCUT2D eigenvalue weighted by Crippen LogP contribution is -2.60. The van der Waals surface area contributed by atoms with Crippen LogP contribution in [0.15, 0.2) is 0 Å². The number of ether oxygens (including phenoxy) is 3. The summed E-state index contributed by atoms with van der Waals surface area (Å²) in [6.07, 6.45) is 11.5. The van der Waals surface area contributed by atoms with Gasteiger partial charge in [0.1, 0.15) is 12.6 Å². The summed E-state index contributed by atoms with van der Waals surface area (Å²) in [7, 11) is 1.49. The van der Waals surface area contributed by atoms with Crippen molar-refractivity contribution in [1.29, 1.82) is 0 Å². The fraction of sp³-hybridized carbons (Fsp3) is 0.808. The highest BCUT2D eigenvalue weighted by atomic mass is 32.1. The highest BCUT2D eigenvalue weighted by molar-refractivity contribution is 7.80. The molecule has 1 rings (SSSR count). The third kappa shape index (κ3) is 15.6. The number of hydrogen-bond acceptors (Lipinski definition) is 8. The van der Waals surface area contributed by atoms with Crippen molar-refractivity contribution in [3.63, 3.8) is 0 Å². The molecule has 0 aromatic carbocycles. The van der Waals surface area contributed by atoms with Crippen molar-refractivity contribution < 1.29 is 33.4 Å². The summed E-state index contributed by atoms with van der Waals surface area (Å²) in [5, 5.41) is 5.30. The van der Waals surface area contributed by atoms with Crippen LogP contribution in [0.2, 0.25) is 0 Å². The summed E-state index contributed by atoms with van der Waals surface area (Å²) < 4.78 is 15.1. The first-order valence-corrected chi connectivity index (χ1v) is 14.0. The van der Waals surface area contributed by atoms with Crippen molar-refractivity contribution in [1.82, 2.24) is 15.5 Å². The first-order valence-electron chi connectivity index (χ1n) is 13.6. The van der Waals surface area contributed by atoms with E-state index >= 15 is 0 Å². The topological polar surface area (TPSA) is 123 Å². The number of rotatable bonds is 19. The standard InChI is InChI=1S/C26H45N3O7S/c1-3-4-5-6-7-8-9-10-11-12-17-35-24(32)20-21-25(33)27-15-16-29(21)26(37)28-22(30)13-14-23(31)36-19-18-34-2/h21H,3-20H2,1-2H3,(H,27,33)(H,28,30,37). The summed E-state index contributed by atoms with van der Waals surface area (Å²) in [6, 6.07) is -0.860. The van der Waals surface area contributed by atoms with Gasteiger partial charge in [0, 0.05) is 26.6 Å². The number of unbranched alkanes of at least 4 members (excludes halogenated alkanes) is 9. The van der Waals surface area contributed by atoms with E-state index in [9.17, 15) is 19.2 Å². The number of carbonyl (C=O) groups excluding carboxylic acids is 4. The number of esters is 2. The Morgan fingerprint density at radius 1 is 0.919 bits per heavy atom. The second-order valence-electron chi connectivity index (χ2n) is 9.17. The van der Waals surface area contributed by atoms with E-state index in [1.54, 1.807) is 0 Å². The van der Waals surface area contributed by atoms with Gasteiger partial charge in [0.05, 0.1) is 26.1 Å². The molecular weight excluding hydrogens is 498 g/mol. The summed E-state index contributed by atoms with van der Waals surface area (Å²) in [5.74, 6) is -1.81. The van der Waals surface area contributed by atoms with Gasteiger partial charge in [-0.1, -0.05) is 64.7 Å². The smallest absolute Gasteiger partial charge is 0.308 e. The zero-order valence-electron chi connectivity index (χ0n) is 22.5. The summed E-state index contributed by atoms with van der Waals surface area (Å²) in [5.41, 5.74) is 0. The van der Waals surface area contributed by atoms with Crippen LogP contribution in [0, 0.1) is 0 Å². The van der Waals surface area contributed by atoms with Gasteiger partial charge in [-0.05, 0) is 18.6 Å². The normalized spacial score (nSPS) is 15.1. The van der Waals surface area contributed by atoms with E-state index in [0.29, 0.717) is 19.7 Å².